The molecule has 0 bridgehead atoms. The van der Waals surface area contributed by atoms with Gasteiger partial charge in [0.25, 0.3) is 5.91 Å². The van der Waals surface area contributed by atoms with E-state index in [1.165, 1.54) is 0 Å². The van der Waals surface area contributed by atoms with E-state index in [4.69, 9.17) is 25.8 Å². The summed E-state index contributed by atoms with van der Waals surface area (Å²) in [5.41, 5.74) is 0.914. The zero-order valence-electron chi connectivity index (χ0n) is 14.4. The van der Waals surface area contributed by atoms with Crippen LogP contribution in [0.3, 0.4) is 0 Å². The molecule has 0 saturated heterocycles. The van der Waals surface area contributed by atoms with Crippen molar-refractivity contribution in [1.82, 2.24) is 5.32 Å². The lowest BCUT2D eigenvalue weighted by Gasteiger charge is -2.12. The second-order valence-corrected chi connectivity index (χ2v) is 5.79. The van der Waals surface area contributed by atoms with Crippen molar-refractivity contribution in [3.63, 3.8) is 0 Å². The first-order chi connectivity index (χ1) is 12.1. The Balaban J connectivity index is 1.84. The standard InChI is InChI=1S/C19H22ClNO4/c1-3-9-24-17-8-7-14(10-18(17)23-2)12-21-19(22)13-25-16-6-4-5-15(20)11-16/h4-8,10-11H,3,9,12-13H2,1-2H3,(H,21,22). The maximum absolute atomic E-state index is 11.9. The number of hydrogen-bond donors (Lipinski definition) is 1. The van der Waals surface area contributed by atoms with Gasteiger partial charge in [0.1, 0.15) is 5.75 Å². The first-order valence-corrected chi connectivity index (χ1v) is 8.45. The molecule has 0 fully saturated rings. The van der Waals surface area contributed by atoms with Crippen LogP contribution in [-0.2, 0) is 11.3 Å². The number of hydrogen-bond acceptors (Lipinski definition) is 4. The summed E-state index contributed by atoms with van der Waals surface area (Å²) in [7, 11) is 1.59. The van der Waals surface area contributed by atoms with Crippen LogP contribution in [-0.4, -0.2) is 26.2 Å². The van der Waals surface area contributed by atoms with Gasteiger partial charge in [0, 0.05) is 11.6 Å². The third kappa shape index (κ3) is 6.19. The number of methoxy groups -OCH3 is 1. The van der Waals surface area contributed by atoms with Gasteiger partial charge in [0.2, 0.25) is 0 Å². The molecule has 134 valence electrons. The summed E-state index contributed by atoms with van der Waals surface area (Å²) in [6, 6.07) is 12.5. The van der Waals surface area contributed by atoms with E-state index < -0.39 is 0 Å². The summed E-state index contributed by atoms with van der Waals surface area (Å²) in [5, 5.41) is 3.37. The van der Waals surface area contributed by atoms with Gasteiger partial charge in [-0.3, -0.25) is 4.79 Å². The Hall–Kier alpha value is -2.40. The molecule has 6 heteroatoms. The van der Waals surface area contributed by atoms with Crippen molar-refractivity contribution >= 4 is 17.5 Å². The van der Waals surface area contributed by atoms with Crippen LogP contribution in [0.5, 0.6) is 17.2 Å². The van der Waals surface area contributed by atoms with Crippen molar-refractivity contribution in [2.24, 2.45) is 0 Å². The van der Waals surface area contributed by atoms with Gasteiger partial charge in [-0.1, -0.05) is 30.7 Å². The molecular weight excluding hydrogens is 342 g/mol. The molecule has 0 aromatic heterocycles. The molecule has 0 heterocycles. The van der Waals surface area contributed by atoms with Gasteiger partial charge < -0.3 is 19.5 Å². The smallest absolute Gasteiger partial charge is 0.258 e. The van der Waals surface area contributed by atoms with Crippen molar-refractivity contribution in [2.45, 2.75) is 19.9 Å². The van der Waals surface area contributed by atoms with Crippen LogP contribution < -0.4 is 19.5 Å². The number of carbonyl (C=O) groups excluding carboxylic acids is 1. The lowest BCUT2D eigenvalue weighted by Crippen LogP contribution is -2.28. The Morgan fingerprint density at radius 1 is 1.12 bits per heavy atom. The maximum Gasteiger partial charge on any atom is 0.258 e. The van der Waals surface area contributed by atoms with E-state index in [1.807, 2.05) is 25.1 Å². The Kier molecular flexibility index (Phi) is 7.41. The lowest BCUT2D eigenvalue weighted by atomic mass is 10.2. The minimum Gasteiger partial charge on any atom is -0.493 e. The highest BCUT2D eigenvalue weighted by Gasteiger charge is 2.08. The van der Waals surface area contributed by atoms with Crippen molar-refractivity contribution in [3.05, 3.63) is 53.1 Å². The van der Waals surface area contributed by atoms with Gasteiger partial charge in [-0.05, 0) is 42.3 Å². The molecule has 0 atom stereocenters. The van der Waals surface area contributed by atoms with E-state index in [9.17, 15) is 4.79 Å². The average Bonchev–Trinajstić information content (AvgIpc) is 2.63. The Bertz CT molecular complexity index is 706. The van der Waals surface area contributed by atoms with Crippen molar-refractivity contribution in [1.29, 1.82) is 0 Å². The highest BCUT2D eigenvalue weighted by atomic mass is 35.5. The van der Waals surface area contributed by atoms with Gasteiger partial charge in [-0.25, -0.2) is 0 Å². The van der Waals surface area contributed by atoms with E-state index in [0.29, 0.717) is 35.4 Å². The van der Waals surface area contributed by atoms with Crippen LogP contribution in [0, 0.1) is 0 Å². The number of rotatable bonds is 9. The first-order valence-electron chi connectivity index (χ1n) is 8.07. The highest BCUT2D eigenvalue weighted by molar-refractivity contribution is 6.30. The van der Waals surface area contributed by atoms with Gasteiger partial charge >= 0.3 is 0 Å². The Morgan fingerprint density at radius 2 is 1.96 bits per heavy atom. The quantitative estimate of drug-likeness (QED) is 0.735. The highest BCUT2D eigenvalue weighted by Crippen LogP contribution is 2.28. The number of carbonyl (C=O) groups is 1. The predicted octanol–water partition coefficient (Wildman–Crippen LogP) is 3.83. The van der Waals surface area contributed by atoms with Crippen LogP contribution in [0.1, 0.15) is 18.9 Å². The molecule has 1 N–H and O–H groups in total. The van der Waals surface area contributed by atoms with Gasteiger partial charge in [0.05, 0.1) is 13.7 Å². The number of benzene rings is 2. The minimum absolute atomic E-state index is 0.0742. The summed E-state index contributed by atoms with van der Waals surface area (Å²) in [5.74, 6) is 1.69. The predicted molar refractivity (Wildman–Crippen MR) is 97.6 cm³/mol. The molecule has 0 aliphatic rings. The molecule has 0 aliphatic heterocycles. The number of nitrogens with one attached hydrogen (secondary N) is 1. The minimum atomic E-state index is -0.217. The first kappa shape index (κ1) is 18.9. The molecule has 0 spiro atoms. The van der Waals surface area contributed by atoms with E-state index in [1.54, 1.807) is 31.4 Å². The SMILES string of the molecule is CCCOc1ccc(CNC(=O)COc2cccc(Cl)c2)cc1OC. The fourth-order valence-electron chi connectivity index (χ4n) is 2.11. The lowest BCUT2D eigenvalue weighted by molar-refractivity contribution is -0.123. The van der Waals surface area contributed by atoms with Crippen LogP contribution in [0.4, 0.5) is 0 Å². The van der Waals surface area contributed by atoms with E-state index >= 15 is 0 Å². The normalized spacial score (nSPS) is 10.2. The Labute approximate surface area is 152 Å². The van der Waals surface area contributed by atoms with Gasteiger partial charge in [-0.2, -0.15) is 0 Å². The fourth-order valence-corrected chi connectivity index (χ4v) is 2.29. The van der Waals surface area contributed by atoms with Crippen molar-refractivity contribution in [2.75, 3.05) is 20.3 Å². The van der Waals surface area contributed by atoms with Crippen LogP contribution >= 0.6 is 11.6 Å². The van der Waals surface area contributed by atoms with Crippen molar-refractivity contribution in [3.8, 4) is 17.2 Å². The molecule has 0 radical (unpaired) electrons. The summed E-state index contributed by atoms with van der Waals surface area (Å²) in [4.78, 5) is 11.9. The number of ether oxygens (including phenoxy) is 3. The second-order valence-electron chi connectivity index (χ2n) is 5.36. The molecule has 25 heavy (non-hydrogen) atoms. The van der Waals surface area contributed by atoms with Crippen molar-refractivity contribution < 1.29 is 19.0 Å². The van der Waals surface area contributed by atoms with Gasteiger partial charge in [0.15, 0.2) is 18.1 Å². The topological polar surface area (TPSA) is 56.8 Å². The molecule has 2 aromatic rings. The third-order valence-electron chi connectivity index (χ3n) is 3.35. The molecule has 2 rings (SSSR count). The largest absolute Gasteiger partial charge is 0.493 e. The molecule has 0 saturated carbocycles. The molecule has 1 amide bonds. The monoisotopic (exact) mass is 363 g/mol. The Morgan fingerprint density at radius 3 is 2.68 bits per heavy atom. The van der Waals surface area contributed by atoms with E-state index in [-0.39, 0.29) is 12.5 Å². The van der Waals surface area contributed by atoms with Gasteiger partial charge in [-0.15, -0.1) is 0 Å². The molecule has 5 nitrogen and oxygen atoms in total. The number of amides is 1. The second kappa shape index (κ2) is 9.79. The maximum atomic E-state index is 11.9. The zero-order chi connectivity index (χ0) is 18.1. The third-order valence-corrected chi connectivity index (χ3v) is 3.58. The van der Waals surface area contributed by atoms with E-state index in [2.05, 4.69) is 5.32 Å². The van der Waals surface area contributed by atoms with Crippen LogP contribution in [0.25, 0.3) is 0 Å². The van der Waals surface area contributed by atoms with Crippen LogP contribution in [0.15, 0.2) is 42.5 Å². The zero-order valence-corrected chi connectivity index (χ0v) is 15.1. The summed E-state index contributed by atoms with van der Waals surface area (Å²) in [6.07, 6.45) is 0.924. The molecular formula is C19H22ClNO4. The number of halogens is 1. The molecule has 0 unspecified atom stereocenters. The summed E-state index contributed by atoms with van der Waals surface area (Å²) >= 11 is 5.87. The fraction of sp³-hybridized carbons (Fsp3) is 0.316. The summed E-state index contributed by atoms with van der Waals surface area (Å²) in [6.45, 7) is 2.98. The van der Waals surface area contributed by atoms with Crippen LogP contribution in [0.2, 0.25) is 5.02 Å². The average molecular weight is 364 g/mol. The summed E-state index contributed by atoms with van der Waals surface area (Å²) < 4.78 is 16.3. The molecule has 0 aliphatic carbocycles. The molecule has 2 aromatic carbocycles. The van der Waals surface area contributed by atoms with E-state index in [0.717, 1.165) is 12.0 Å².